The summed E-state index contributed by atoms with van der Waals surface area (Å²) in [6.45, 7) is 0.717. The number of piperidine rings is 1. The van der Waals surface area contributed by atoms with Crippen molar-refractivity contribution in [1.82, 2.24) is 4.90 Å². The molecule has 0 saturated carbocycles. The van der Waals surface area contributed by atoms with Crippen LogP contribution < -0.4 is 9.47 Å². The third kappa shape index (κ3) is 3.41. The maximum Gasteiger partial charge on any atom is 0.282 e. The highest BCUT2D eigenvalue weighted by atomic mass is 16.6. The Morgan fingerprint density at radius 1 is 1.21 bits per heavy atom. The minimum absolute atomic E-state index is 0.00683. The molecule has 0 aliphatic carbocycles. The minimum Gasteiger partial charge on any atom is -0.497 e. The fourth-order valence-corrected chi connectivity index (χ4v) is 3.98. The number of Topliss-reactive ketones (excluding diaryl/α,β-unsaturated/α-hetero) is 1. The second-order valence-corrected chi connectivity index (χ2v) is 7.31. The van der Waals surface area contributed by atoms with E-state index in [4.69, 9.17) is 9.47 Å². The van der Waals surface area contributed by atoms with Gasteiger partial charge in [0.25, 0.3) is 11.6 Å². The van der Waals surface area contributed by atoms with Crippen LogP contribution in [0.1, 0.15) is 40.0 Å². The van der Waals surface area contributed by atoms with E-state index < -0.39 is 10.5 Å². The third-order valence-electron chi connectivity index (χ3n) is 5.59. The predicted octanol–water partition coefficient (Wildman–Crippen LogP) is 3.24. The van der Waals surface area contributed by atoms with E-state index in [1.165, 1.54) is 18.2 Å². The molecule has 0 aromatic heterocycles. The molecule has 2 aromatic carbocycles. The zero-order chi connectivity index (χ0) is 20.6. The number of carbonyl (C=O) groups is 2. The average molecular weight is 396 g/mol. The Kier molecular flexibility index (Phi) is 4.70. The molecule has 8 nitrogen and oxygen atoms in total. The summed E-state index contributed by atoms with van der Waals surface area (Å²) in [5.74, 6) is 0.736. The maximum absolute atomic E-state index is 12.8. The average Bonchev–Trinajstić information content (AvgIpc) is 2.73. The van der Waals surface area contributed by atoms with Gasteiger partial charge >= 0.3 is 0 Å². The highest BCUT2D eigenvalue weighted by Gasteiger charge is 2.44. The Bertz CT molecular complexity index is 994. The maximum atomic E-state index is 12.8. The lowest BCUT2D eigenvalue weighted by Gasteiger charge is -2.44. The molecule has 2 aliphatic rings. The molecular weight excluding hydrogens is 376 g/mol. The van der Waals surface area contributed by atoms with Crippen molar-refractivity contribution in [2.24, 2.45) is 0 Å². The molecule has 0 radical (unpaired) electrons. The molecule has 2 heterocycles. The Hall–Kier alpha value is -3.42. The molecule has 0 bridgehead atoms. The summed E-state index contributed by atoms with van der Waals surface area (Å²) in [6.07, 6.45) is 1.20. The van der Waals surface area contributed by atoms with E-state index in [1.807, 2.05) is 0 Å². The first-order chi connectivity index (χ1) is 13.9. The van der Waals surface area contributed by atoms with Crippen LogP contribution in [-0.2, 0) is 0 Å². The van der Waals surface area contributed by atoms with Crippen LogP contribution in [-0.4, -0.2) is 47.3 Å². The van der Waals surface area contributed by atoms with Crippen LogP contribution in [0.5, 0.6) is 11.5 Å². The smallest absolute Gasteiger partial charge is 0.282 e. The Morgan fingerprint density at radius 3 is 2.62 bits per heavy atom. The summed E-state index contributed by atoms with van der Waals surface area (Å²) >= 11 is 0. The minimum atomic E-state index is -0.671. The largest absolute Gasteiger partial charge is 0.497 e. The van der Waals surface area contributed by atoms with Gasteiger partial charge in [-0.2, -0.15) is 0 Å². The number of fused-ring (bicyclic) bond motifs is 1. The van der Waals surface area contributed by atoms with Gasteiger partial charge in [-0.15, -0.1) is 0 Å². The second-order valence-electron chi connectivity index (χ2n) is 7.31. The van der Waals surface area contributed by atoms with E-state index in [2.05, 4.69) is 0 Å². The number of nitro groups is 1. The molecule has 1 fully saturated rings. The lowest BCUT2D eigenvalue weighted by molar-refractivity contribution is -0.385. The van der Waals surface area contributed by atoms with Gasteiger partial charge in [-0.25, -0.2) is 0 Å². The van der Waals surface area contributed by atoms with Crippen LogP contribution in [0.2, 0.25) is 0 Å². The number of carbonyl (C=O) groups excluding carboxylic acids is 2. The normalized spacial score (nSPS) is 17.4. The fraction of sp³-hybridized carbons (Fsp3) is 0.333. The SMILES string of the molecule is COc1ccc2c(c1)OC1(CCN(C(=O)c3ccccc3[N+](=O)[O-])CC1)CC2=O. The fourth-order valence-electron chi connectivity index (χ4n) is 3.98. The lowest BCUT2D eigenvalue weighted by atomic mass is 9.82. The molecule has 150 valence electrons. The number of likely N-dealkylation sites (tertiary alicyclic amines) is 1. The summed E-state index contributed by atoms with van der Waals surface area (Å²) in [7, 11) is 1.55. The monoisotopic (exact) mass is 396 g/mol. The van der Waals surface area contributed by atoms with Gasteiger partial charge in [-0.3, -0.25) is 19.7 Å². The van der Waals surface area contributed by atoms with Crippen LogP contribution in [0, 0.1) is 10.1 Å². The molecule has 1 spiro atoms. The van der Waals surface area contributed by atoms with Crippen LogP contribution in [0.4, 0.5) is 5.69 Å². The Morgan fingerprint density at radius 2 is 1.93 bits per heavy atom. The summed E-state index contributed by atoms with van der Waals surface area (Å²) in [5, 5.41) is 11.2. The Labute approximate surface area is 167 Å². The molecule has 0 atom stereocenters. The van der Waals surface area contributed by atoms with E-state index in [9.17, 15) is 19.7 Å². The summed E-state index contributed by atoms with van der Waals surface area (Å²) < 4.78 is 11.4. The summed E-state index contributed by atoms with van der Waals surface area (Å²) in [5.41, 5.74) is -0.266. The third-order valence-corrected chi connectivity index (χ3v) is 5.59. The van der Waals surface area contributed by atoms with E-state index >= 15 is 0 Å². The molecule has 1 saturated heterocycles. The molecule has 8 heteroatoms. The first kappa shape index (κ1) is 18.9. The van der Waals surface area contributed by atoms with Gasteiger partial charge in [0, 0.05) is 38.1 Å². The standard InChI is InChI=1S/C21H20N2O6/c1-28-14-6-7-16-18(24)13-21(29-19(16)12-14)8-10-22(11-9-21)20(25)15-4-2-3-5-17(15)23(26)27/h2-7,12H,8-11,13H2,1H3. The van der Waals surface area contributed by atoms with Crippen LogP contribution in [0.25, 0.3) is 0 Å². The quantitative estimate of drug-likeness (QED) is 0.583. The van der Waals surface area contributed by atoms with E-state index in [1.54, 1.807) is 36.3 Å². The molecule has 29 heavy (non-hydrogen) atoms. The number of nitrogens with zero attached hydrogens (tertiary/aromatic N) is 2. The number of amides is 1. The van der Waals surface area contributed by atoms with Gasteiger partial charge in [0.1, 0.15) is 22.7 Å². The number of ketones is 1. The number of ether oxygens (including phenoxy) is 2. The molecule has 0 unspecified atom stereocenters. The molecular formula is C21H20N2O6. The van der Waals surface area contributed by atoms with Gasteiger partial charge in [0.05, 0.1) is 24.0 Å². The molecule has 1 amide bonds. The predicted molar refractivity (Wildman–Crippen MR) is 104 cm³/mol. The number of hydrogen-bond donors (Lipinski definition) is 0. The first-order valence-electron chi connectivity index (χ1n) is 9.35. The van der Waals surface area contributed by atoms with Gasteiger partial charge in [0.2, 0.25) is 0 Å². The van der Waals surface area contributed by atoms with Gasteiger partial charge in [-0.05, 0) is 18.2 Å². The van der Waals surface area contributed by atoms with Gasteiger partial charge in [0.15, 0.2) is 5.78 Å². The van der Waals surface area contributed by atoms with Gasteiger partial charge < -0.3 is 14.4 Å². The number of nitro benzene ring substituents is 1. The zero-order valence-electron chi connectivity index (χ0n) is 15.9. The van der Waals surface area contributed by atoms with Crippen LogP contribution >= 0.6 is 0 Å². The number of rotatable bonds is 3. The van der Waals surface area contributed by atoms with E-state index in [-0.39, 0.29) is 29.4 Å². The molecule has 2 aromatic rings. The van der Waals surface area contributed by atoms with E-state index in [0.717, 1.165) is 0 Å². The van der Waals surface area contributed by atoms with Crippen molar-refractivity contribution in [3.63, 3.8) is 0 Å². The van der Waals surface area contributed by atoms with Crippen molar-refractivity contribution in [2.45, 2.75) is 24.9 Å². The number of para-hydroxylation sites is 1. The zero-order valence-corrected chi connectivity index (χ0v) is 15.9. The van der Waals surface area contributed by atoms with Crippen LogP contribution in [0.3, 0.4) is 0 Å². The van der Waals surface area contributed by atoms with Crippen molar-refractivity contribution in [3.05, 3.63) is 63.7 Å². The molecule has 4 rings (SSSR count). The summed E-state index contributed by atoms with van der Waals surface area (Å²) in [4.78, 5) is 37.7. The van der Waals surface area contributed by atoms with Crippen molar-refractivity contribution >= 4 is 17.4 Å². The van der Waals surface area contributed by atoms with Crippen molar-refractivity contribution in [3.8, 4) is 11.5 Å². The van der Waals surface area contributed by atoms with Crippen molar-refractivity contribution in [1.29, 1.82) is 0 Å². The molecule has 0 N–H and O–H groups in total. The number of benzene rings is 2. The van der Waals surface area contributed by atoms with E-state index in [0.29, 0.717) is 43.0 Å². The summed E-state index contributed by atoms with van der Waals surface area (Å²) in [6, 6.07) is 11.1. The Balaban J connectivity index is 1.52. The first-order valence-corrected chi connectivity index (χ1v) is 9.35. The second kappa shape index (κ2) is 7.20. The highest BCUT2D eigenvalue weighted by molar-refractivity contribution is 6.01. The molecule has 2 aliphatic heterocycles. The number of methoxy groups -OCH3 is 1. The van der Waals surface area contributed by atoms with Gasteiger partial charge in [-0.1, -0.05) is 12.1 Å². The lowest BCUT2D eigenvalue weighted by Crippen LogP contribution is -2.52. The van der Waals surface area contributed by atoms with Crippen molar-refractivity contribution in [2.75, 3.05) is 20.2 Å². The van der Waals surface area contributed by atoms with Crippen LogP contribution in [0.15, 0.2) is 42.5 Å². The number of hydrogen-bond acceptors (Lipinski definition) is 6. The highest BCUT2D eigenvalue weighted by Crippen LogP contribution is 2.41. The topological polar surface area (TPSA) is 99.0 Å². The van der Waals surface area contributed by atoms with Crippen molar-refractivity contribution < 1.29 is 24.0 Å².